The van der Waals surface area contributed by atoms with E-state index in [1.165, 1.54) is 0 Å². The molecule has 0 aromatic rings. The van der Waals surface area contributed by atoms with E-state index in [0.29, 0.717) is 11.5 Å². The van der Waals surface area contributed by atoms with Gasteiger partial charge in [0.05, 0.1) is 5.37 Å². The number of carbonyl (C=O) groups excluding carboxylic acids is 1. The fourth-order valence-corrected chi connectivity index (χ4v) is 0.743. The zero-order chi connectivity index (χ0) is 9.56. The first-order valence-corrected chi connectivity index (χ1v) is 5.45. The molecule has 16 heavy (non-hydrogen) atoms. The van der Waals surface area contributed by atoms with Crippen LogP contribution in [0, 0.1) is 0 Å². The van der Waals surface area contributed by atoms with Crippen LogP contribution in [-0.4, -0.2) is 44.8 Å². The van der Waals surface area contributed by atoms with Gasteiger partial charge in [0.1, 0.15) is 0 Å². The predicted octanol–water partition coefficient (Wildman–Crippen LogP) is -4.27. The standard InChI is InChI=1S/C5H11NO2S4.Na.3H2O.H/c7-5(6-3(11)1-9)8-4(12)2-10;;;;;/h3-4,9-12H,1-2H2,(H,6,7);;3*1H2;/q;+1;;;;-1. The summed E-state index contributed by atoms with van der Waals surface area (Å²) in [5.41, 5.74) is -0.492. The molecule has 2 unspecified atom stereocenters. The summed E-state index contributed by atoms with van der Waals surface area (Å²) in [7, 11) is 0. The molecule has 0 spiro atoms. The minimum atomic E-state index is -0.557. The van der Waals surface area contributed by atoms with Crippen LogP contribution in [0.5, 0.6) is 0 Å². The van der Waals surface area contributed by atoms with Crippen LogP contribution in [0.2, 0.25) is 0 Å². The van der Waals surface area contributed by atoms with E-state index in [-0.39, 0.29) is 52.8 Å². The second kappa shape index (κ2) is 18.9. The molecule has 0 heterocycles. The van der Waals surface area contributed by atoms with Gasteiger partial charge in [0, 0.05) is 11.5 Å². The van der Waals surface area contributed by atoms with Gasteiger partial charge in [-0.3, -0.25) is 0 Å². The van der Waals surface area contributed by atoms with Crippen molar-refractivity contribution in [1.29, 1.82) is 0 Å². The maximum absolute atomic E-state index is 10.9. The first-order chi connectivity index (χ1) is 5.60. The van der Waals surface area contributed by atoms with Crippen LogP contribution >= 0.6 is 50.5 Å². The minimum absolute atomic E-state index is 0. The van der Waals surface area contributed by atoms with Crippen molar-refractivity contribution in [1.82, 2.24) is 5.32 Å². The molecular weight excluding hydrogens is 305 g/mol. The largest absolute Gasteiger partial charge is 1.00 e. The van der Waals surface area contributed by atoms with Gasteiger partial charge in [-0.15, -0.1) is 12.6 Å². The zero-order valence-electron chi connectivity index (χ0n) is 9.67. The summed E-state index contributed by atoms with van der Waals surface area (Å²) in [6, 6.07) is 0. The number of hydrogen-bond acceptors (Lipinski definition) is 6. The second-order valence-electron chi connectivity index (χ2n) is 1.89. The van der Waals surface area contributed by atoms with E-state index in [1.54, 1.807) is 0 Å². The van der Waals surface area contributed by atoms with Gasteiger partial charge in [-0.05, 0) is 0 Å². The van der Waals surface area contributed by atoms with E-state index in [0.717, 1.165) is 0 Å². The Bertz CT molecular complexity index is 148. The van der Waals surface area contributed by atoms with Crippen LogP contribution in [0.3, 0.4) is 0 Å². The van der Waals surface area contributed by atoms with Gasteiger partial charge < -0.3 is 27.9 Å². The Balaban J connectivity index is -0.0000000605. The first kappa shape index (κ1) is 30.5. The van der Waals surface area contributed by atoms with Crippen LogP contribution in [0.1, 0.15) is 1.43 Å². The van der Waals surface area contributed by atoms with Crippen molar-refractivity contribution in [3.05, 3.63) is 0 Å². The molecule has 0 aliphatic carbocycles. The van der Waals surface area contributed by atoms with Crippen molar-refractivity contribution in [2.24, 2.45) is 0 Å². The minimum Gasteiger partial charge on any atom is -1.00 e. The normalized spacial score (nSPS) is 11.2. The molecule has 2 atom stereocenters. The molecular formula is C5H18NNaO5S4. The van der Waals surface area contributed by atoms with Crippen LogP contribution in [0.4, 0.5) is 4.79 Å². The van der Waals surface area contributed by atoms with E-state index < -0.39 is 11.5 Å². The maximum Gasteiger partial charge on any atom is 1.00 e. The van der Waals surface area contributed by atoms with E-state index in [1.807, 2.05) is 0 Å². The van der Waals surface area contributed by atoms with Crippen molar-refractivity contribution >= 4 is 56.6 Å². The van der Waals surface area contributed by atoms with E-state index in [9.17, 15) is 4.79 Å². The van der Waals surface area contributed by atoms with Crippen LogP contribution in [0.25, 0.3) is 0 Å². The number of alkyl carbamates (subject to hydrolysis) is 1. The summed E-state index contributed by atoms with van der Waals surface area (Å²) in [6.45, 7) is 0. The molecule has 0 aliphatic rings. The third-order valence-corrected chi connectivity index (χ3v) is 2.73. The number of ether oxygens (including phenoxy) is 1. The molecule has 0 rings (SSSR count). The monoisotopic (exact) mass is 323 g/mol. The number of hydrogen-bond donors (Lipinski definition) is 5. The molecule has 6 nitrogen and oxygen atoms in total. The third-order valence-electron chi connectivity index (χ3n) is 0.857. The Hall–Kier alpha value is 1.55. The summed E-state index contributed by atoms with van der Waals surface area (Å²) in [5, 5.41) is 2.13. The van der Waals surface area contributed by atoms with Crippen molar-refractivity contribution in [3.8, 4) is 0 Å². The van der Waals surface area contributed by atoms with E-state index in [4.69, 9.17) is 4.74 Å². The molecule has 1 amide bonds. The van der Waals surface area contributed by atoms with Crippen LogP contribution in [0.15, 0.2) is 0 Å². The summed E-state index contributed by atoms with van der Waals surface area (Å²) < 4.78 is 4.73. The van der Waals surface area contributed by atoms with Crippen molar-refractivity contribution in [2.75, 3.05) is 11.5 Å². The molecule has 0 aromatic heterocycles. The Kier molecular flexibility index (Phi) is 36.1. The Labute approximate surface area is 140 Å². The van der Waals surface area contributed by atoms with Gasteiger partial charge in [-0.1, -0.05) is 0 Å². The molecule has 0 aromatic carbocycles. The number of amides is 1. The summed E-state index contributed by atoms with van der Waals surface area (Å²) in [6.07, 6.45) is -0.557. The Morgan fingerprint density at radius 3 is 1.94 bits per heavy atom. The van der Waals surface area contributed by atoms with Crippen LogP contribution < -0.4 is 34.9 Å². The predicted molar refractivity (Wildman–Crippen MR) is 74.8 cm³/mol. The molecule has 0 saturated carbocycles. The van der Waals surface area contributed by atoms with Gasteiger partial charge in [0.15, 0.2) is 5.44 Å². The van der Waals surface area contributed by atoms with Gasteiger partial charge in [-0.2, -0.15) is 37.9 Å². The van der Waals surface area contributed by atoms with Gasteiger partial charge in [0.2, 0.25) is 0 Å². The molecule has 98 valence electrons. The SMILES string of the molecule is O.O.O.O=C(NC(S)CS)OC(S)CS.[H-].[Na+]. The molecule has 7 N–H and O–H groups in total. The van der Waals surface area contributed by atoms with Gasteiger partial charge in [0.25, 0.3) is 0 Å². The Morgan fingerprint density at radius 2 is 1.62 bits per heavy atom. The molecule has 0 radical (unpaired) electrons. The maximum atomic E-state index is 10.9. The molecule has 0 saturated heterocycles. The van der Waals surface area contributed by atoms with E-state index in [2.05, 4.69) is 55.8 Å². The molecule has 0 fully saturated rings. The fourth-order valence-electron chi connectivity index (χ4n) is 0.377. The second-order valence-corrected chi connectivity index (χ2v) is 3.81. The van der Waals surface area contributed by atoms with Gasteiger partial charge in [-0.25, -0.2) is 4.79 Å². The topological polar surface area (TPSA) is 133 Å². The smallest absolute Gasteiger partial charge is 1.00 e. The average molecular weight is 323 g/mol. The quantitative estimate of drug-likeness (QED) is 0.204. The average Bonchev–Trinajstić information content (AvgIpc) is 2.03. The summed E-state index contributed by atoms with van der Waals surface area (Å²) in [5.74, 6) is 0.810. The zero-order valence-corrected chi connectivity index (χ0v) is 14.3. The number of nitrogens with one attached hydrogen (secondary N) is 1. The van der Waals surface area contributed by atoms with Gasteiger partial charge >= 0.3 is 35.7 Å². The summed E-state index contributed by atoms with van der Waals surface area (Å²) in [4.78, 5) is 10.9. The molecule has 0 aliphatic heterocycles. The van der Waals surface area contributed by atoms with Crippen LogP contribution in [-0.2, 0) is 4.74 Å². The van der Waals surface area contributed by atoms with Crippen molar-refractivity contribution in [2.45, 2.75) is 10.8 Å². The number of carbonyl (C=O) groups is 1. The molecule has 11 heteroatoms. The summed E-state index contributed by atoms with van der Waals surface area (Å²) >= 11 is 15.7. The van der Waals surface area contributed by atoms with Crippen molar-refractivity contribution < 1.29 is 56.9 Å². The third kappa shape index (κ3) is 17.9. The van der Waals surface area contributed by atoms with Crippen molar-refractivity contribution in [3.63, 3.8) is 0 Å². The number of rotatable bonds is 4. The Morgan fingerprint density at radius 1 is 1.19 bits per heavy atom. The number of thiol groups is 4. The first-order valence-electron chi connectivity index (χ1n) is 3.15. The molecule has 0 bridgehead atoms. The fraction of sp³-hybridized carbons (Fsp3) is 0.800. The van der Waals surface area contributed by atoms with E-state index >= 15 is 0 Å².